The van der Waals surface area contributed by atoms with Crippen molar-refractivity contribution in [2.45, 2.75) is 239 Å². The second kappa shape index (κ2) is 67.5. The Bertz CT molecular complexity index is 2020. The molecule has 0 radical (unpaired) electrons. The highest BCUT2D eigenvalue weighted by Gasteiger charge is 2.19. The van der Waals surface area contributed by atoms with Crippen LogP contribution in [0.15, 0.2) is 207 Å². The van der Waals surface area contributed by atoms with Crippen molar-refractivity contribution in [2.75, 3.05) is 13.2 Å². The van der Waals surface area contributed by atoms with E-state index in [-0.39, 0.29) is 38.0 Å². The normalized spacial score (nSPS) is 13.5. The van der Waals surface area contributed by atoms with Crippen LogP contribution in [0.1, 0.15) is 233 Å². The van der Waals surface area contributed by atoms with E-state index in [2.05, 4.69) is 215 Å². The molecule has 0 aromatic rings. The fourth-order valence-electron chi connectivity index (χ4n) is 7.79. The minimum absolute atomic E-state index is 0.145. The van der Waals surface area contributed by atoms with Crippen LogP contribution in [0.3, 0.4) is 0 Å². The summed E-state index contributed by atoms with van der Waals surface area (Å²) in [6, 6.07) is 0. The molecule has 0 rings (SSSR count). The zero-order chi connectivity index (χ0) is 59.2. The summed E-state index contributed by atoms with van der Waals surface area (Å²) in [6.45, 7) is 6.25. The SMILES string of the molecule is CC/C=C\C/C=C\C/C=C\C/C=C\C/C=C\C/C=C\C/C=C\C/C=C\C/C=C\CCCC(=O)OCC(COC(=O)CCCCCCC/C=C\C/C=C\CCCCCC)OC(=O)CC/C=C\C/C=C\C/C=C\C/C=C\C/C=C\C/C=C\CC. The van der Waals surface area contributed by atoms with Gasteiger partial charge in [-0.2, -0.15) is 0 Å². The van der Waals surface area contributed by atoms with E-state index in [1.54, 1.807) is 0 Å². The van der Waals surface area contributed by atoms with Crippen molar-refractivity contribution >= 4 is 17.9 Å². The van der Waals surface area contributed by atoms with Crippen LogP contribution in [0.5, 0.6) is 0 Å². The number of hydrogen-bond acceptors (Lipinski definition) is 6. The third-order valence-electron chi connectivity index (χ3n) is 12.5. The molecule has 0 saturated heterocycles. The molecule has 1 unspecified atom stereocenters. The highest BCUT2D eigenvalue weighted by atomic mass is 16.6. The molecule has 0 aliphatic heterocycles. The summed E-state index contributed by atoms with van der Waals surface area (Å²) >= 11 is 0. The van der Waals surface area contributed by atoms with Gasteiger partial charge in [-0.05, 0) is 154 Å². The highest BCUT2D eigenvalue weighted by molar-refractivity contribution is 5.71. The molecule has 0 fully saturated rings. The second-order valence-electron chi connectivity index (χ2n) is 20.2. The van der Waals surface area contributed by atoms with Crippen molar-refractivity contribution in [1.82, 2.24) is 0 Å². The van der Waals surface area contributed by atoms with Gasteiger partial charge in [0, 0.05) is 19.3 Å². The Morgan fingerprint density at radius 1 is 0.256 bits per heavy atom. The van der Waals surface area contributed by atoms with Gasteiger partial charge in [0.2, 0.25) is 0 Å². The smallest absolute Gasteiger partial charge is 0.306 e. The van der Waals surface area contributed by atoms with Gasteiger partial charge in [-0.3, -0.25) is 14.4 Å². The molecule has 82 heavy (non-hydrogen) atoms. The first-order chi connectivity index (χ1) is 40.5. The van der Waals surface area contributed by atoms with Crippen molar-refractivity contribution in [2.24, 2.45) is 0 Å². The van der Waals surface area contributed by atoms with E-state index in [1.807, 2.05) is 12.2 Å². The average Bonchev–Trinajstić information content (AvgIpc) is 3.47. The minimum atomic E-state index is -0.863. The zero-order valence-electron chi connectivity index (χ0n) is 51.9. The molecule has 0 heterocycles. The highest BCUT2D eigenvalue weighted by Crippen LogP contribution is 2.11. The molecule has 0 saturated carbocycles. The van der Waals surface area contributed by atoms with E-state index >= 15 is 0 Å². The third-order valence-corrected chi connectivity index (χ3v) is 12.5. The number of unbranched alkanes of at least 4 members (excludes halogenated alkanes) is 10. The number of ether oxygens (including phenoxy) is 3. The number of hydrogen-bond donors (Lipinski definition) is 0. The molecule has 0 aromatic heterocycles. The van der Waals surface area contributed by atoms with Crippen LogP contribution in [-0.4, -0.2) is 37.2 Å². The van der Waals surface area contributed by atoms with Gasteiger partial charge in [0.15, 0.2) is 6.10 Å². The maximum atomic E-state index is 12.9. The van der Waals surface area contributed by atoms with E-state index in [1.165, 1.54) is 32.1 Å². The Morgan fingerprint density at radius 2 is 0.512 bits per heavy atom. The largest absolute Gasteiger partial charge is 0.462 e. The lowest BCUT2D eigenvalue weighted by Gasteiger charge is -2.18. The lowest BCUT2D eigenvalue weighted by molar-refractivity contribution is -0.166. The molecule has 6 heteroatoms. The minimum Gasteiger partial charge on any atom is -0.462 e. The fourth-order valence-corrected chi connectivity index (χ4v) is 7.79. The topological polar surface area (TPSA) is 78.9 Å². The Balaban J connectivity index is 4.62. The number of carbonyl (C=O) groups is 3. The van der Waals surface area contributed by atoms with Crippen LogP contribution in [0.2, 0.25) is 0 Å². The van der Waals surface area contributed by atoms with Gasteiger partial charge in [-0.15, -0.1) is 0 Å². The Labute approximate surface area is 502 Å². The third kappa shape index (κ3) is 64.8. The molecule has 0 aliphatic carbocycles. The molecule has 1 atom stereocenters. The van der Waals surface area contributed by atoms with Crippen LogP contribution < -0.4 is 0 Å². The quantitative estimate of drug-likeness (QED) is 0.0261. The van der Waals surface area contributed by atoms with E-state index in [0.29, 0.717) is 19.3 Å². The Morgan fingerprint density at radius 3 is 0.841 bits per heavy atom. The summed E-state index contributed by atoms with van der Waals surface area (Å²) < 4.78 is 16.8. The molecular formula is C76H114O6. The van der Waals surface area contributed by atoms with E-state index in [9.17, 15) is 14.4 Å². The number of esters is 3. The fraction of sp³-hybridized carbons (Fsp3) is 0.513. The van der Waals surface area contributed by atoms with E-state index in [4.69, 9.17) is 14.2 Å². The molecule has 0 amide bonds. The van der Waals surface area contributed by atoms with E-state index < -0.39 is 12.1 Å². The van der Waals surface area contributed by atoms with Gasteiger partial charge in [0.1, 0.15) is 13.2 Å². The molecule has 0 N–H and O–H groups in total. The maximum absolute atomic E-state index is 12.9. The first kappa shape index (κ1) is 76.0. The van der Waals surface area contributed by atoms with Gasteiger partial charge in [0.05, 0.1) is 0 Å². The van der Waals surface area contributed by atoms with Crippen LogP contribution in [-0.2, 0) is 28.6 Å². The van der Waals surface area contributed by atoms with Gasteiger partial charge in [-0.25, -0.2) is 0 Å². The van der Waals surface area contributed by atoms with Crippen molar-refractivity contribution in [3.05, 3.63) is 207 Å². The summed E-state index contributed by atoms with van der Waals surface area (Å²) in [5, 5.41) is 0. The number of allylic oxidation sites excluding steroid dienone is 34. The number of rotatable bonds is 55. The van der Waals surface area contributed by atoms with Gasteiger partial charge >= 0.3 is 17.9 Å². The lowest BCUT2D eigenvalue weighted by Crippen LogP contribution is -2.30. The summed E-state index contributed by atoms with van der Waals surface area (Å²) in [6.07, 6.45) is 104. The van der Waals surface area contributed by atoms with Gasteiger partial charge in [0.25, 0.3) is 0 Å². The predicted octanol–water partition coefficient (Wildman–Crippen LogP) is 22.4. The molecule has 0 aliphatic rings. The summed E-state index contributed by atoms with van der Waals surface area (Å²) in [4.78, 5) is 38.3. The predicted molar refractivity (Wildman–Crippen MR) is 357 cm³/mol. The molecular weight excluding hydrogens is 1010 g/mol. The second-order valence-corrected chi connectivity index (χ2v) is 20.2. The summed E-state index contributed by atoms with van der Waals surface area (Å²) in [7, 11) is 0. The Kier molecular flexibility index (Phi) is 62.5. The van der Waals surface area contributed by atoms with Crippen LogP contribution in [0.4, 0.5) is 0 Å². The zero-order valence-corrected chi connectivity index (χ0v) is 51.9. The molecule has 454 valence electrons. The maximum Gasteiger partial charge on any atom is 0.306 e. The lowest BCUT2D eigenvalue weighted by atomic mass is 10.1. The Hall–Kier alpha value is -6.01. The monoisotopic (exact) mass is 1120 g/mol. The van der Waals surface area contributed by atoms with Crippen molar-refractivity contribution < 1.29 is 28.6 Å². The first-order valence-corrected chi connectivity index (χ1v) is 32.1. The average molecular weight is 1120 g/mol. The molecule has 0 bridgehead atoms. The number of carbonyl (C=O) groups excluding carboxylic acids is 3. The first-order valence-electron chi connectivity index (χ1n) is 32.1. The summed E-state index contributed by atoms with van der Waals surface area (Å²) in [5.41, 5.74) is 0. The molecule has 6 nitrogen and oxygen atoms in total. The van der Waals surface area contributed by atoms with Crippen LogP contribution >= 0.6 is 0 Å². The van der Waals surface area contributed by atoms with Crippen molar-refractivity contribution in [3.8, 4) is 0 Å². The van der Waals surface area contributed by atoms with Gasteiger partial charge < -0.3 is 14.2 Å². The standard InChI is InChI=1S/C76H114O6/c1-4-7-10-13-16-19-22-25-28-31-33-34-35-36-37-38-39-40-41-42-44-45-48-51-54-57-60-63-66-69-75(78)81-72-73(71-80-74(77)68-65-62-59-56-53-50-47-30-27-24-21-18-15-12-9-6-3)82-76(79)70-67-64-61-58-55-52-49-46-43-32-29-26-23-20-17-14-11-8-5-2/h7-8,10-11,16-17,19-21,24-26,28-30,33-34,36-37,39-40,42-44,46-48,51-52,55,57,60-61,64,73H,4-6,9,12-15,18,22-23,27,31-32,35,38,41,45,49-50,53-54,56,58-59,62-63,65-72H2,1-3H3/b10-7-,11-8-,19-16-,20-17-,24-21-,28-25-,29-26-,34-33-,37-36-,40-39-,44-42-,46-43-,47-30-,51-48-,55-52-,60-57-,64-61-. The van der Waals surface area contributed by atoms with Gasteiger partial charge in [-0.1, -0.05) is 266 Å². The van der Waals surface area contributed by atoms with Crippen molar-refractivity contribution in [1.29, 1.82) is 0 Å². The van der Waals surface area contributed by atoms with Crippen LogP contribution in [0, 0.1) is 0 Å². The molecule has 0 aromatic carbocycles. The van der Waals surface area contributed by atoms with Crippen LogP contribution in [0.25, 0.3) is 0 Å². The van der Waals surface area contributed by atoms with E-state index in [0.717, 1.165) is 148 Å². The molecule has 0 spiro atoms. The summed E-state index contributed by atoms with van der Waals surface area (Å²) in [5.74, 6) is -1.12. The van der Waals surface area contributed by atoms with Crippen molar-refractivity contribution in [3.63, 3.8) is 0 Å².